The average molecular weight is 357 g/mol. The van der Waals surface area contributed by atoms with Gasteiger partial charge in [-0.3, -0.25) is 9.59 Å². The van der Waals surface area contributed by atoms with Crippen LogP contribution in [0.2, 0.25) is 0 Å². The molecule has 2 unspecified atom stereocenters. The van der Waals surface area contributed by atoms with Crippen molar-refractivity contribution in [3.05, 3.63) is 35.9 Å². The van der Waals surface area contributed by atoms with E-state index in [1.54, 1.807) is 0 Å². The summed E-state index contributed by atoms with van der Waals surface area (Å²) >= 11 is 0. The number of carbonyl (C=O) groups is 2. The second-order valence-corrected chi connectivity index (χ2v) is 8.76. The fraction of sp³-hybridized carbons (Fsp3) is 0.636. The molecule has 1 heterocycles. The third-order valence-corrected chi connectivity index (χ3v) is 5.79. The highest BCUT2D eigenvalue weighted by Crippen LogP contribution is 2.33. The first-order valence-corrected chi connectivity index (χ1v) is 10.0. The SMILES string of the molecule is CC(CC(C)(C)c1ccccc1)NC(=O)C1CCCN(C(=O)C2CC2)C1. The van der Waals surface area contributed by atoms with E-state index in [0.29, 0.717) is 6.54 Å². The van der Waals surface area contributed by atoms with Crippen LogP contribution in [0.3, 0.4) is 0 Å². The highest BCUT2D eigenvalue weighted by atomic mass is 16.2. The number of likely N-dealkylation sites (tertiary alicyclic amines) is 1. The summed E-state index contributed by atoms with van der Waals surface area (Å²) in [5, 5.41) is 3.20. The fourth-order valence-electron chi connectivity index (χ4n) is 4.16. The Labute approximate surface area is 157 Å². The van der Waals surface area contributed by atoms with Crippen LogP contribution < -0.4 is 5.32 Å². The van der Waals surface area contributed by atoms with Crippen LogP contribution in [0.25, 0.3) is 0 Å². The molecular weight excluding hydrogens is 324 g/mol. The molecule has 0 aromatic heterocycles. The van der Waals surface area contributed by atoms with E-state index in [1.807, 2.05) is 11.0 Å². The molecule has 2 fully saturated rings. The largest absolute Gasteiger partial charge is 0.353 e. The van der Waals surface area contributed by atoms with Gasteiger partial charge in [-0.2, -0.15) is 0 Å². The van der Waals surface area contributed by atoms with Gasteiger partial charge in [0, 0.05) is 25.0 Å². The van der Waals surface area contributed by atoms with E-state index >= 15 is 0 Å². The zero-order valence-corrected chi connectivity index (χ0v) is 16.3. The maximum Gasteiger partial charge on any atom is 0.225 e. The van der Waals surface area contributed by atoms with Crippen molar-refractivity contribution >= 4 is 11.8 Å². The molecule has 1 aromatic rings. The predicted molar refractivity (Wildman–Crippen MR) is 104 cm³/mol. The minimum absolute atomic E-state index is 0.00843. The van der Waals surface area contributed by atoms with Crippen molar-refractivity contribution in [2.24, 2.45) is 11.8 Å². The lowest BCUT2D eigenvalue weighted by atomic mass is 9.79. The zero-order chi connectivity index (χ0) is 18.7. The van der Waals surface area contributed by atoms with Gasteiger partial charge in [0.25, 0.3) is 0 Å². The molecule has 2 aliphatic rings. The summed E-state index contributed by atoms with van der Waals surface area (Å²) < 4.78 is 0. The van der Waals surface area contributed by atoms with Gasteiger partial charge >= 0.3 is 0 Å². The van der Waals surface area contributed by atoms with E-state index in [2.05, 4.69) is 50.4 Å². The molecule has 0 spiro atoms. The van der Waals surface area contributed by atoms with Gasteiger partial charge in [-0.15, -0.1) is 0 Å². The molecule has 4 heteroatoms. The Bertz CT molecular complexity index is 637. The summed E-state index contributed by atoms with van der Waals surface area (Å²) in [4.78, 5) is 26.9. The Morgan fingerprint density at radius 2 is 1.85 bits per heavy atom. The monoisotopic (exact) mass is 356 g/mol. The molecule has 1 saturated heterocycles. The van der Waals surface area contributed by atoms with Crippen LogP contribution in [0.5, 0.6) is 0 Å². The summed E-state index contributed by atoms with van der Waals surface area (Å²) in [7, 11) is 0. The van der Waals surface area contributed by atoms with E-state index in [4.69, 9.17) is 0 Å². The minimum atomic E-state index is -0.0614. The van der Waals surface area contributed by atoms with Gasteiger partial charge in [0.1, 0.15) is 0 Å². The first kappa shape index (κ1) is 18.9. The van der Waals surface area contributed by atoms with Gasteiger partial charge in [-0.1, -0.05) is 44.2 Å². The van der Waals surface area contributed by atoms with Crippen LogP contribution in [-0.2, 0) is 15.0 Å². The number of nitrogens with zero attached hydrogens (tertiary/aromatic N) is 1. The molecule has 1 saturated carbocycles. The van der Waals surface area contributed by atoms with Crippen molar-refractivity contribution in [2.45, 2.75) is 64.3 Å². The van der Waals surface area contributed by atoms with E-state index in [9.17, 15) is 9.59 Å². The van der Waals surface area contributed by atoms with E-state index in [-0.39, 0.29) is 35.1 Å². The lowest BCUT2D eigenvalue weighted by Crippen LogP contribution is -2.48. The van der Waals surface area contributed by atoms with Crippen molar-refractivity contribution < 1.29 is 9.59 Å². The minimum Gasteiger partial charge on any atom is -0.353 e. The van der Waals surface area contributed by atoms with Gasteiger partial charge in [0.2, 0.25) is 11.8 Å². The Kier molecular flexibility index (Phi) is 5.69. The Hall–Kier alpha value is -1.84. The standard InChI is InChI=1S/C22H32N2O2/c1-16(14-22(2,3)19-9-5-4-6-10-19)23-20(25)18-8-7-13-24(15-18)21(26)17-11-12-17/h4-6,9-10,16-18H,7-8,11-15H2,1-3H3,(H,23,25). The molecule has 0 radical (unpaired) electrons. The number of benzene rings is 1. The number of amides is 2. The van der Waals surface area contributed by atoms with Gasteiger partial charge in [0.05, 0.1) is 5.92 Å². The van der Waals surface area contributed by atoms with Gasteiger partial charge < -0.3 is 10.2 Å². The molecule has 26 heavy (non-hydrogen) atoms. The molecule has 4 nitrogen and oxygen atoms in total. The summed E-state index contributed by atoms with van der Waals surface area (Å²) in [6.07, 6.45) is 4.76. The van der Waals surface area contributed by atoms with E-state index in [0.717, 1.165) is 38.6 Å². The van der Waals surface area contributed by atoms with Gasteiger partial charge in [0.15, 0.2) is 0 Å². The predicted octanol–water partition coefficient (Wildman–Crippen LogP) is 3.51. The fourth-order valence-corrected chi connectivity index (χ4v) is 4.16. The summed E-state index contributed by atoms with van der Waals surface area (Å²) in [6, 6.07) is 10.6. The third kappa shape index (κ3) is 4.66. The summed E-state index contributed by atoms with van der Waals surface area (Å²) in [5.41, 5.74) is 1.30. The smallest absolute Gasteiger partial charge is 0.225 e. The van der Waals surface area contributed by atoms with Crippen LogP contribution in [0.4, 0.5) is 0 Å². The van der Waals surface area contributed by atoms with Crippen molar-refractivity contribution in [3.63, 3.8) is 0 Å². The molecule has 1 aliphatic carbocycles. The number of rotatable bonds is 6. The molecular formula is C22H32N2O2. The Morgan fingerprint density at radius 1 is 1.15 bits per heavy atom. The first-order valence-electron chi connectivity index (χ1n) is 10.0. The quantitative estimate of drug-likeness (QED) is 0.848. The van der Waals surface area contributed by atoms with E-state index in [1.165, 1.54) is 5.56 Å². The summed E-state index contributed by atoms with van der Waals surface area (Å²) in [5.74, 6) is 0.548. The molecule has 1 aliphatic heterocycles. The Balaban J connectivity index is 1.52. The van der Waals surface area contributed by atoms with Crippen molar-refractivity contribution in [2.75, 3.05) is 13.1 Å². The van der Waals surface area contributed by atoms with Crippen molar-refractivity contribution in [1.29, 1.82) is 0 Å². The highest BCUT2D eigenvalue weighted by Gasteiger charge is 2.37. The van der Waals surface area contributed by atoms with Gasteiger partial charge in [-0.05, 0) is 50.0 Å². The molecule has 1 N–H and O–H groups in total. The van der Waals surface area contributed by atoms with Crippen LogP contribution in [0.15, 0.2) is 30.3 Å². The third-order valence-electron chi connectivity index (χ3n) is 5.79. The maximum atomic E-state index is 12.7. The average Bonchev–Trinajstić information content (AvgIpc) is 3.46. The zero-order valence-electron chi connectivity index (χ0n) is 16.3. The number of nitrogens with one attached hydrogen (secondary N) is 1. The molecule has 0 bridgehead atoms. The van der Waals surface area contributed by atoms with Crippen LogP contribution >= 0.6 is 0 Å². The number of piperidine rings is 1. The maximum absolute atomic E-state index is 12.7. The summed E-state index contributed by atoms with van der Waals surface area (Å²) in [6.45, 7) is 7.94. The number of hydrogen-bond donors (Lipinski definition) is 1. The second-order valence-electron chi connectivity index (χ2n) is 8.76. The second kappa shape index (κ2) is 7.81. The van der Waals surface area contributed by atoms with Crippen LogP contribution in [0.1, 0.15) is 58.4 Å². The normalized spacial score (nSPS) is 22.0. The number of hydrogen-bond acceptors (Lipinski definition) is 2. The molecule has 142 valence electrons. The van der Waals surface area contributed by atoms with E-state index < -0.39 is 0 Å². The molecule has 1 aromatic carbocycles. The van der Waals surface area contributed by atoms with Crippen LogP contribution in [-0.4, -0.2) is 35.8 Å². The topological polar surface area (TPSA) is 49.4 Å². The highest BCUT2D eigenvalue weighted by molar-refractivity contribution is 5.83. The van der Waals surface area contributed by atoms with Crippen molar-refractivity contribution in [3.8, 4) is 0 Å². The molecule has 2 atom stereocenters. The van der Waals surface area contributed by atoms with Crippen LogP contribution in [0, 0.1) is 11.8 Å². The first-order chi connectivity index (χ1) is 12.4. The van der Waals surface area contributed by atoms with Gasteiger partial charge in [-0.25, -0.2) is 0 Å². The molecule has 2 amide bonds. The van der Waals surface area contributed by atoms with Crippen molar-refractivity contribution in [1.82, 2.24) is 10.2 Å². The lowest BCUT2D eigenvalue weighted by Gasteiger charge is -2.34. The number of carbonyl (C=O) groups excluding carboxylic acids is 2. The Morgan fingerprint density at radius 3 is 2.50 bits per heavy atom. The lowest BCUT2D eigenvalue weighted by molar-refractivity contribution is -0.137. The molecule has 3 rings (SSSR count).